The number of alkyl halides is 3. The molecule has 0 amide bonds. The largest absolute Gasteiger partial charge is 0.416 e. The Hall–Kier alpha value is -0.472. The van der Waals surface area contributed by atoms with Crippen LogP contribution in [0.1, 0.15) is 36.0 Å². The Labute approximate surface area is 214 Å². The minimum Gasteiger partial charge on any atom is -0.230 e. The standard InChI is InChI=1S/C23H20F3.2Y/c1-17(21-15-7-12-19-11-4-5-14-22(19)21)8-2-3-9-18-10-6-13-20(16-18)23(24,25)26;;/h2-7,9-17H,8H2,1H3;;/q-1;;/b9-3+;;. The molecule has 0 nitrogen and oxygen atoms in total. The predicted octanol–water partition coefficient (Wildman–Crippen LogP) is 7.26. The van der Waals surface area contributed by atoms with E-state index in [-0.39, 0.29) is 65.4 Å². The molecule has 0 saturated heterocycles. The van der Waals surface area contributed by atoms with Crippen molar-refractivity contribution >= 4 is 16.8 Å². The molecule has 5 heteroatoms. The van der Waals surface area contributed by atoms with Crippen LogP contribution in [-0.2, 0) is 71.6 Å². The van der Waals surface area contributed by atoms with Gasteiger partial charge in [0.15, 0.2) is 0 Å². The molecule has 3 aromatic rings. The summed E-state index contributed by atoms with van der Waals surface area (Å²) in [6.45, 7) is 2.16. The fourth-order valence-corrected chi connectivity index (χ4v) is 3.09. The molecule has 0 bridgehead atoms. The fraction of sp³-hybridized carbons (Fsp3) is 0.174. The minimum atomic E-state index is -4.31. The van der Waals surface area contributed by atoms with E-state index >= 15 is 0 Å². The summed E-state index contributed by atoms with van der Waals surface area (Å²) in [7, 11) is 0. The number of allylic oxidation sites excluding steroid dienone is 1. The summed E-state index contributed by atoms with van der Waals surface area (Å²) in [5, 5.41) is 2.47. The van der Waals surface area contributed by atoms with Crippen LogP contribution in [-0.4, -0.2) is 0 Å². The SMILES string of the molecule is CC(C[CH-]/C=C/c1cccc(C(F)(F)F)c1)c1cccc2ccccc12.[Y].[Y]. The number of hydrogen-bond donors (Lipinski definition) is 0. The Morgan fingerprint density at radius 3 is 2.36 bits per heavy atom. The molecule has 0 fully saturated rings. The van der Waals surface area contributed by atoms with E-state index in [4.69, 9.17) is 0 Å². The van der Waals surface area contributed by atoms with Crippen molar-refractivity contribution in [1.82, 2.24) is 0 Å². The van der Waals surface area contributed by atoms with E-state index in [2.05, 4.69) is 37.3 Å². The quantitative estimate of drug-likeness (QED) is 0.304. The molecule has 0 aliphatic heterocycles. The van der Waals surface area contributed by atoms with Gasteiger partial charge in [0, 0.05) is 65.4 Å². The maximum atomic E-state index is 12.7. The van der Waals surface area contributed by atoms with Gasteiger partial charge in [0.05, 0.1) is 5.56 Å². The average molecular weight is 531 g/mol. The third-order valence-electron chi connectivity index (χ3n) is 4.48. The monoisotopic (exact) mass is 531 g/mol. The molecule has 0 aromatic heterocycles. The summed E-state index contributed by atoms with van der Waals surface area (Å²) in [6.07, 6.45) is 2.06. The van der Waals surface area contributed by atoms with E-state index in [1.807, 2.05) is 24.6 Å². The van der Waals surface area contributed by atoms with Gasteiger partial charge in [-0.05, 0) is 22.3 Å². The van der Waals surface area contributed by atoms with Gasteiger partial charge in [-0.25, -0.2) is 18.6 Å². The van der Waals surface area contributed by atoms with Crippen LogP contribution in [0.15, 0.2) is 72.8 Å². The van der Waals surface area contributed by atoms with Crippen LogP contribution in [0.2, 0.25) is 0 Å². The van der Waals surface area contributed by atoms with E-state index in [1.165, 1.54) is 28.5 Å². The van der Waals surface area contributed by atoms with E-state index in [9.17, 15) is 13.2 Å². The zero-order valence-corrected chi connectivity index (χ0v) is 21.3. The van der Waals surface area contributed by atoms with Crippen molar-refractivity contribution < 1.29 is 78.6 Å². The maximum Gasteiger partial charge on any atom is 0.416 e. The van der Waals surface area contributed by atoms with Gasteiger partial charge in [-0.1, -0.05) is 80.1 Å². The van der Waals surface area contributed by atoms with Gasteiger partial charge in [-0.2, -0.15) is 13.2 Å². The van der Waals surface area contributed by atoms with Gasteiger partial charge >= 0.3 is 6.18 Å². The first-order valence-electron chi connectivity index (χ1n) is 8.60. The Balaban J connectivity index is 0.00000196. The Morgan fingerprint density at radius 2 is 1.61 bits per heavy atom. The van der Waals surface area contributed by atoms with E-state index in [0.717, 1.165) is 12.5 Å². The van der Waals surface area contributed by atoms with Crippen molar-refractivity contribution in [3.63, 3.8) is 0 Å². The molecule has 0 aliphatic carbocycles. The van der Waals surface area contributed by atoms with Gasteiger partial charge in [0.1, 0.15) is 0 Å². The normalized spacial score (nSPS) is 12.3. The molecular weight excluding hydrogens is 511 g/mol. The molecule has 0 spiro atoms. The number of benzene rings is 3. The van der Waals surface area contributed by atoms with Gasteiger partial charge in [0.25, 0.3) is 0 Å². The molecule has 3 rings (SSSR count). The van der Waals surface area contributed by atoms with Gasteiger partial charge in [0.2, 0.25) is 0 Å². The van der Waals surface area contributed by atoms with Crippen LogP contribution in [0, 0.1) is 6.42 Å². The molecule has 0 heterocycles. The summed E-state index contributed by atoms with van der Waals surface area (Å²) in [5.74, 6) is 0.326. The molecule has 140 valence electrons. The Morgan fingerprint density at radius 1 is 0.929 bits per heavy atom. The molecule has 28 heavy (non-hydrogen) atoms. The van der Waals surface area contributed by atoms with Gasteiger partial charge < -0.3 is 0 Å². The summed E-state index contributed by atoms with van der Waals surface area (Å²) in [4.78, 5) is 0. The number of hydrogen-bond acceptors (Lipinski definition) is 0. The van der Waals surface area contributed by atoms with Crippen molar-refractivity contribution in [2.24, 2.45) is 0 Å². The minimum absolute atomic E-state index is 0. The van der Waals surface area contributed by atoms with Crippen molar-refractivity contribution in [1.29, 1.82) is 0 Å². The summed E-state index contributed by atoms with van der Waals surface area (Å²) in [5.41, 5.74) is 1.21. The zero-order valence-electron chi connectivity index (χ0n) is 15.7. The predicted molar refractivity (Wildman–Crippen MR) is 102 cm³/mol. The first kappa shape index (κ1) is 25.6. The van der Waals surface area contributed by atoms with Crippen molar-refractivity contribution in [3.05, 3.63) is 95.9 Å². The first-order valence-corrected chi connectivity index (χ1v) is 8.60. The van der Waals surface area contributed by atoms with Crippen LogP contribution < -0.4 is 0 Å². The first-order chi connectivity index (χ1) is 12.4. The van der Waals surface area contributed by atoms with Gasteiger partial charge in [-0.3, -0.25) is 0 Å². The molecular formula is C23H20F3Y2-. The second-order valence-corrected chi connectivity index (χ2v) is 6.42. The second kappa shape index (κ2) is 11.6. The average Bonchev–Trinajstić information content (AvgIpc) is 2.64. The van der Waals surface area contributed by atoms with Gasteiger partial charge in [-0.15, -0.1) is 5.56 Å². The van der Waals surface area contributed by atoms with Crippen LogP contribution >= 0.6 is 0 Å². The number of fused-ring (bicyclic) bond motifs is 1. The molecule has 1 atom stereocenters. The zero-order chi connectivity index (χ0) is 18.6. The summed E-state index contributed by atoms with van der Waals surface area (Å²) < 4.78 is 38.2. The topological polar surface area (TPSA) is 0 Å². The van der Waals surface area contributed by atoms with E-state index in [0.29, 0.717) is 11.5 Å². The number of rotatable bonds is 5. The van der Waals surface area contributed by atoms with Crippen LogP contribution in [0.3, 0.4) is 0 Å². The third kappa shape index (κ3) is 6.80. The van der Waals surface area contributed by atoms with Crippen molar-refractivity contribution in [2.75, 3.05) is 0 Å². The van der Waals surface area contributed by atoms with Crippen molar-refractivity contribution in [2.45, 2.75) is 25.4 Å². The molecule has 0 aliphatic rings. The smallest absolute Gasteiger partial charge is 0.230 e. The fourth-order valence-electron chi connectivity index (χ4n) is 3.09. The van der Waals surface area contributed by atoms with E-state index < -0.39 is 11.7 Å². The van der Waals surface area contributed by atoms with Crippen LogP contribution in [0.25, 0.3) is 16.8 Å². The molecule has 0 saturated carbocycles. The summed E-state index contributed by atoms with van der Waals surface area (Å²) >= 11 is 0. The molecule has 0 N–H and O–H groups in total. The Kier molecular flexibility index (Phi) is 10.6. The number of halogens is 3. The van der Waals surface area contributed by atoms with E-state index in [1.54, 1.807) is 12.1 Å². The van der Waals surface area contributed by atoms with Crippen LogP contribution in [0.4, 0.5) is 13.2 Å². The third-order valence-corrected chi connectivity index (χ3v) is 4.48. The maximum absolute atomic E-state index is 12.7. The summed E-state index contributed by atoms with van der Waals surface area (Å²) in [6, 6.07) is 19.9. The van der Waals surface area contributed by atoms with Crippen molar-refractivity contribution in [3.8, 4) is 0 Å². The molecule has 3 aromatic carbocycles. The molecule has 1 unspecified atom stereocenters. The second-order valence-electron chi connectivity index (χ2n) is 6.42. The molecule has 2 radical (unpaired) electrons. The Bertz CT molecular complexity index is 912. The van der Waals surface area contributed by atoms with Crippen LogP contribution in [0.5, 0.6) is 0 Å².